The van der Waals surface area contributed by atoms with Gasteiger partial charge in [0, 0.05) is 13.0 Å². The second-order valence-corrected chi connectivity index (χ2v) is 9.82. The Bertz CT molecular complexity index is 1260. The predicted molar refractivity (Wildman–Crippen MR) is 156 cm³/mol. The average molecular weight is 529 g/mol. The van der Waals surface area contributed by atoms with Crippen molar-refractivity contribution < 1.29 is 23.7 Å². The summed E-state index contributed by atoms with van der Waals surface area (Å²) < 4.78 is 23.3. The lowest BCUT2D eigenvalue weighted by molar-refractivity contribution is -0.156. The minimum absolute atomic E-state index is 0.160. The third-order valence-electron chi connectivity index (χ3n) is 6.84. The maximum absolute atomic E-state index is 12.2. The van der Waals surface area contributed by atoms with Gasteiger partial charge < -0.3 is 18.9 Å². The van der Waals surface area contributed by atoms with Crippen LogP contribution in [0.25, 0.3) is 12.2 Å². The highest BCUT2D eigenvalue weighted by atomic mass is 16.6. The van der Waals surface area contributed by atoms with Crippen LogP contribution in [0.1, 0.15) is 72.2 Å². The van der Waals surface area contributed by atoms with Gasteiger partial charge in [-0.15, -0.1) is 0 Å². The molecule has 2 atom stereocenters. The summed E-state index contributed by atoms with van der Waals surface area (Å²) in [6, 6.07) is 21.1. The largest absolute Gasteiger partial charge is 0.491 e. The first-order valence-electron chi connectivity index (χ1n) is 14.0. The molecule has 0 saturated carbocycles. The Morgan fingerprint density at radius 3 is 2.33 bits per heavy atom. The monoisotopic (exact) mass is 528 g/mol. The van der Waals surface area contributed by atoms with Crippen molar-refractivity contribution >= 4 is 18.1 Å². The molecule has 1 aliphatic rings. The molecule has 1 aliphatic carbocycles. The number of hydrogen-bond acceptors (Lipinski definition) is 5. The van der Waals surface area contributed by atoms with Gasteiger partial charge in [-0.3, -0.25) is 0 Å². The van der Waals surface area contributed by atoms with E-state index in [1.807, 2.05) is 31.2 Å². The van der Waals surface area contributed by atoms with E-state index in [1.165, 1.54) is 33.4 Å². The fourth-order valence-corrected chi connectivity index (χ4v) is 4.96. The number of fused-ring (bicyclic) bond motifs is 2. The van der Waals surface area contributed by atoms with Crippen molar-refractivity contribution in [2.45, 2.75) is 59.2 Å². The highest BCUT2D eigenvalue weighted by Gasteiger charge is 2.23. The van der Waals surface area contributed by atoms with Gasteiger partial charge in [0.2, 0.25) is 0 Å². The molecular weight excluding hydrogens is 488 g/mol. The summed E-state index contributed by atoms with van der Waals surface area (Å²) >= 11 is 0. The number of hydrogen-bond donors (Lipinski definition) is 0. The van der Waals surface area contributed by atoms with Crippen molar-refractivity contribution in [3.8, 4) is 5.75 Å². The highest BCUT2D eigenvalue weighted by molar-refractivity contribution is 5.77. The van der Waals surface area contributed by atoms with Gasteiger partial charge in [-0.2, -0.15) is 0 Å². The number of carbonyl (C=O) groups excluding carboxylic acids is 1. The van der Waals surface area contributed by atoms with Crippen LogP contribution in [-0.4, -0.2) is 38.5 Å². The van der Waals surface area contributed by atoms with E-state index in [0.29, 0.717) is 32.8 Å². The van der Waals surface area contributed by atoms with Crippen LogP contribution in [0.5, 0.6) is 5.75 Å². The summed E-state index contributed by atoms with van der Waals surface area (Å²) in [4.78, 5) is 12.2. The molecule has 0 aliphatic heterocycles. The first kappa shape index (κ1) is 28.6. The third kappa shape index (κ3) is 7.59. The second-order valence-electron chi connectivity index (χ2n) is 9.82. The summed E-state index contributed by atoms with van der Waals surface area (Å²) in [6.07, 6.45) is 6.25. The minimum Gasteiger partial charge on any atom is -0.491 e. The molecule has 3 aromatic carbocycles. The maximum Gasteiger partial charge on any atom is 0.335 e. The molecule has 0 N–H and O–H groups in total. The molecule has 5 nitrogen and oxygen atoms in total. The molecule has 0 bridgehead atoms. The van der Waals surface area contributed by atoms with Gasteiger partial charge in [0.05, 0.1) is 13.2 Å². The maximum atomic E-state index is 12.2. The lowest BCUT2D eigenvalue weighted by atomic mass is 9.93. The molecule has 0 saturated heterocycles. The van der Waals surface area contributed by atoms with Gasteiger partial charge in [-0.05, 0) is 72.7 Å². The number of esters is 1. The molecule has 0 radical (unpaired) electrons. The van der Waals surface area contributed by atoms with E-state index >= 15 is 0 Å². The Labute approximate surface area is 232 Å². The van der Waals surface area contributed by atoms with Crippen molar-refractivity contribution in [1.29, 1.82) is 0 Å². The molecule has 206 valence electrons. The topological polar surface area (TPSA) is 54.0 Å². The van der Waals surface area contributed by atoms with E-state index < -0.39 is 6.10 Å². The lowest BCUT2D eigenvalue weighted by Gasteiger charge is -2.22. The van der Waals surface area contributed by atoms with Gasteiger partial charge in [0.1, 0.15) is 18.5 Å². The molecule has 0 spiro atoms. The van der Waals surface area contributed by atoms with Crippen LogP contribution >= 0.6 is 0 Å². The molecule has 3 aromatic rings. The Hall–Kier alpha value is -3.41. The molecule has 2 unspecified atom stereocenters. The van der Waals surface area contributed by atoms with E-state index in [2.05, 4.69) is 62.4 Å². The fourth-order valence-electron chi connectivity index (χ4n) is 4.96. The molecule has 0 amide bonds. The Morgan fingerprint density at radius 2 is 1.59 bits per heavy atom. The first-order valence-corrected chi connectivity index (χ1v) is 14.0. The SMILES string of the molecule is CCCc1ccc2c(c1)C(OCCOc1ccc(CC(OCC)C(=O)OCC)cc1)c1ccc(C)cc1C=C2. The summed E-state index contributed by atoms with van der Waals surface area (Å²) in [5.41, 5.74) is 8.32. The average Bonchev–Trinajstić information content (AvgIpc) is 3.08. The van der Waals surface area contributed by atoms with E-state index in [0.717, 1.165) is 24.2 Å². The molecule has 39 heavy (non-hydrogen) atoms. The summed E-state index contributed by atoms with van der Waals surface area (Å²) in [7, 11) is 0. The fraction of sp³-hybridized carbons (Fsp3) is 0.382. The zero-order valence-electron chi connectivity index (χ0n) is 23.6. The predicted octanol–water partition coefficient (Wildman–Crippen LogP) is 7.13. The van der Waals surface area contributed by atoms with E-state index in [4.69, 9.17) is 18.9 Å². The Kier molecular flexibility index (Phi) is 10.3. The van der Waals surface area contributed by atoms with Crippen molar-refractivity contribution in [2.75, 3.05) is 26.4 Å². The van der Waals surface area contributed by atoms with Crippen LogP contribution in [0.15, 0.2) is 60.7 Å². The summed E-state index contributed by atoms with van der Waals surface area (Å²) in [6.45, 7) is 9.67. The minimum atomic E-state index is -0.600. The van der Waals surface area contributed by atoms with E-state index in [1.54, 1.807) is 6.92 Å². The van der Waals surface area contributed by atoms with Crippen LogP contribution in [0.4, 0.5) is 0 Å². The molecule has 0 heterocycles. The standard InChI is InChI=1S/C34H40O5/c1-5-8-25-10-13-27-14-15-28-21-24(4)9-18-30(28)33(31(27)22-25)39-20-19-38-29-16-11-26(12-17-29)23-32(36-6-2)34(35)37-7-3/h9-18,21-22,32-33H,5-8,19-20,23H2,1-4H3. The number of benzene rings is 3. The highest BCUT2D eigenvalue weighted by Crippen LogP contribution is 2.36. The first-order chi connectivity index (χ1) is 19.0. The zero-order chi connectivity index (χ0) is 27.6. The molecule has 4 rings (SSSR count). The van der Waals surface area contributed by atoms with Gasteiger partial charge in [0.15, 0.2) is 6.10 Å². The molecule has 0 aromatic heterocycles. The van der Waals surface area contributed by atoms with Crippen molar-refractivity contribution in [3.05, 3.63) is 99.6 Å². The summed E-state index contributed by atoms with van der Waals surface area (Å²) in [5, 5.41) is 0. The molecule has 0 fully saturated rings. The lowest BCUT2D eigenvalue weighted by Crippen LogP contribution is -2.28. The van der Waals surface area contributed by atoms with Gasteiger partial charge in [0.25, 0.3) is 0 Å². The van der Waals surface area contributed by atoms with Crippen molar-refractivity contribution in [2.24, 2.45) is 0 Å². The van der Waals surface area contributed by atoms with E-state index in [9.17, 15) is 4.79 Å². The molecular formula is C34H40O5. The van der Waals surface area contributed by atoms with Crippen LogP contribution in [0.3, 0.4) is 0 Å². The summed E-state index contributed by atoms with van der Waals surface area (Å²) in [5.74, 6) is 0.432. The van der Waals surface area contributed by atoms with Crippen molar-refractivity contribution in [3.63, 3.8) is 0 Å². The Balaban J connectivity index is 1.40. The number of ether oxygens (including phenoxy) is 4. The van der Waals surface area contributed by atoms with Gasteiger partial charge >= 0.3 is 5.97 Å². The van der Waals surface area contributed by atoms with Gasteiger partial charge in [-0.25, -0.2) is 4.79 Å². The Morgan fingerprint density at radius 1 is 0.821 bits per heavy atom. The third-order valence-corrected chi connectivity index (χ3v) is 6.84. The number of aryl methyl sites for hydroxylation is 2. The van der Waals surface area contributed by atoms with E-state index in [-0.39, 0.29) is 12.1 Å². The van der Waals surface area contributed by atoms with Gasteiger partial charge in [-0.1, -0.05) is 79.6 Å². The number of rotatable bonds is 13. The van der Waals surface area contributed by atoms with Crippen molar-refractivity contribution in [1.82, 2.24) is 0 Å². The second kappa shape index (κ2) is 14.1. The van der Waals surface area contributed by atoms with Crippen LogP contribution < -0.4 is 4.74 Å². The number of carbonyl (C=O) groups is 1. The normalized spacial score (nSPS) is 14.7. The van der Waals surface area contributed by atoms with Crippen LogP contribution in [0, 0.1) is 6.92 Å². The zero-order valence-corrected chi connectivity index (χ0v) is 23.6. The van der Waals surface area contributed by atoms with Crippen LogP contribution in [0.2, 0.25) is 0 Å². The van der Waals surface area contributed by atoms with Crippen LogP contribution in [-0.2, 0) is 31.8 Å². The smallest absolute Gasteiger partial charge is 0.335 e. The molecule has 5 heteroatoms. The quantitative estimate of drug-likeness (QED) is 0.175.